The molecule has 4 rings (SSSR count). The Balaban J connectivity index is 1.40. The Hall–Kier alpha value is -1.80. The summed E-state index contributed by atoms with van der Waals surface area (Å²) in [5, 5.41) is 7.72. The summed E-state index contributed by atoms with van der Waals surface area (Å²) in [6.07, 6.45) is 3.90. The normalized spacial score (nSPS) is 23.3. The van der Waals surface area contributed by atoms with Crippen molar-refractivity contribution < 1.29 is 13.2 Å². The van der Waals surface area contributed by atoms with Gasteiger partial charge in [0, 0.05) is 11.3 Å². The van der Waals surface area contributed by atoms with Crippen molar-refractivity contribution in [3.05, 3.63) is 47.2 Å². The number of anilines is 1. The quantitative estimate of drug-likeness (QED) is 0.804. The van der Waals surface area contributed by atoms with Crippen molar-refractivity contribution in [3.8, 4) is 0 Å². The van der Waals surface area contributed by atoms with Gasteiger partial charge in [-0.05, 0) is 43.7 Å². The fourth-order valence-electron chi connectivity index (χ4n) is 4.09. The number of carbonyl (C=O) groups excluding carboxylic acids is 1. The molecule has 2 heterocycles. The maximum atomic E-state index is 12.6. The minimum atomic E-state index is -3.01. The molecule has 8 heteroatoms. The Labute approximate surface area is 170 Å². The number of amides is 1. The maximum Gasteiger partial charge on any atom is 0.235 e. The van der Waals surface area contributed by atoms with Crippen LogP contribution in [0.1, 0.15) is 47.4 Å². The van der Waals surface area contributed by atoms with Crippen LogP contribution in [0.15, 0.2) is 30.3 Å². The van der Waals surface area contributed by atoms with Gasteiger partial charge in [-0.2, -0.15) is 5.10 Å². The molecule has 1 aliphatic carbocycles. The van der Waals surface area contributed by atoms with Crippen molar-refractivity contribution in [2.75, 3.05) is 22.6 Å². The number of nitrogens with one attached hydrogen (secondary N) is 1. The van der Waals surface area contributed by atoms with Gasteiger partial charge in [-0.25, -0.2) is 13.1 Å². The lowest BCUT2D eigenvalue weighted by Crippen LogP contribution is -2.21. The summed E-state index contributed by atoms with van der Waals surface area (Å²) in [5.74, 6) is 1.15. The van der Waals surface area contributed by atoms with Crippen molar-refractivity contribution in [2.45, 2.75) is 43.9 Å². The van der Waals surface area contributed by atoms with Crippen LogP contribution in [0.4, 0.5) is 5.82 Å². The zero-order valence-corrected chi connectivity index (χ0v) is 17.6. The number of aryl methyl sites for hydroxylation is 2. The van der Waals surface area contributed by atoms with Gasteiger partial charge in [0.05, 0.1) is 29.0 Å². The van der Waals surface area contributed by atoms with Crippen LogP contribution in [0.25, 0.3) is 0 Å². The number of fused-ring (bicyclic) bond motifs is 1. The number of thioether (sulfide) groups is 1. The Morgan fingerprint density at radius 3 is 2.93 bits per heavy atom. The summed E-state index contributed by atoms with van der Waals surface area (Å²) in [7, 11) is -3.01. The summed E-state index contributed by atoms with van der Waals surface area (Å²) in [5.41, 5.74) is 3.51. The molecule has 2 unspecified atom stereocenters. The van der Waals surface area contributed by atoms with Crippen molar-refractivity contribution in [1.82, 2.24) is 9.78 Å². The number of nitrogens with zero attached hydrogens (tertiary/aromatic N) is 2. The maximum absolute atomic E-state index is 12.6. The predicted molar refractivity (Wildman–Crippen MR) is 112 cm³/mol. The topological polar surface area (TPSA) is 81.1 Å². The van der Waals surface area contributed by atoms with Crippen LogP contribution in [-0.4, -0.2) is 41.4 Å². The SMILES string of the molecule is Cc1cc(NC(=O)CSC2CCCc3ccccc32)n(C2CCS(=O)(=O)C2)n1. The first-order valence-corrected chi connectivity index (χ1v) is 12.5. The zero-order chi connectivity index (χ0) is 19.7. The van der Waals surface area contributed by atoms with Crippen LogP contribution < -0.4 is 5.32 Å². The van der Waals surface area contributed by atoms with Crippen molar-refractivity contribution in [1.29, 1.82) is 0 Å². The molecule has 2 aliphatic rings. The molecular formula is C20H25N3O3S2. The highest BCUT2D eigenvalue weighted by atomic mass is 32.2. The highest BCUT2D eigenvalue weighted by Crippen LogP contribution is 2.39. The van der Waals surface area contributed by atoms with E-state index in [4.69, 9.17) is 0 Å². The number of benzene rings is 1. The smallest absolute Gasteiger partial charge is 0.235 e. The van der Waals surface area contributed by atoms with E-state index in [1.165, 1.54) is 11.1 Å². The molecule has 2 atom stereocenters. The fourth-order valence-corrected chi connectivity index (χ4v) is 6.95. The van der Waals surface area contributed by atoms with Gasteiger partial charge in [0.25, 0.3) is 0 Å². The van der Waals surface area contributed by atoms with Crippen LogP contribution in [0, 0.1) is 6.92 Å². The first kappa shape index (κ1) is 19.5. The molecule has 0 spiro atoms. The van der Waals surface area contributed by atoms with Gasteiger partial charge in [0.1, 0.15) is 5.82 Å². The molecule has 1 N–H and O–H groups in total. The van der Waals surface area contributed by atoms with Gasteiger partial charge in [0.15, 0.2) is 9.84 Å². The molecule has 150 valence electrons. The van der Waals surface area contributed by atoms with E-state index < -0.39 is 9.84 Å². The lowest BCUT2D eigenvalue weighted by molar-refractivity contribution is -0.113. The van der Waals surface area contributed by atoms with Gasteiger partial charge >= 0.3 is 0 Å². The lowest BCUT2D eigenvalue weighted by Gasteiger charge is -2.24. The van der Waals surface area contributed by atoms with Crippen molar-refractivity contribution in [2.24, 2.45) is 0 Å². The van der Waals surface area contributed by atoms with E-state index in [1.54, 1.807) is 16.4 Å². The molecule has 28 heavy (non-hydrogen) atoms. The number of carbonyl (C=O) groups is 1. The third-order valence-corrected chi connectivity index (χ3v) is 8.48. The molecule has 0 saturated carbocycles. The summed E-state index contributed by atoms with van der Waals surface area (Å²) in [6.45, 7) is 1.85. The van der Waals surface area contributed by atoms with Crippen LogP contribution in [0.5, 0.6) is 0 Å². The summed E-state index contributed by atoms with van der Waals surface area (Å²) >= 11 is 1.67. The van der Waals surface area contributed by atoms with Gasteiger partial charge < -0.3 is 5.32 Å². The second kappa shape index (κ2) is 7.91. The van der Waals surface area contributed by atoms with E-state index in [9.17, 15) is 13.2 Å². The number of aromatic nitrogens is 2. The first-order valence-electron chi connectivity index (χ1n) is 9.67. The average molecular weight is 420 g/mol. The highest BCUT2D eigenvalue weighted by molar-refractivity contribution is 8.00. The third kappa shape index (κ3) is 4.27. The van der Waals surface area contributed by atoms with Crippen LogP contribution in [-0.2, 0) is 21.1 Å². The summed E-state index contributed by atoms with van der Waals surface area (Å²) in [4.78, 5) is 12.6. The number of hydrogen-bond acceptors (Lipinski definition) is 5. The summed E-state index contributed by atoms with van der Waals surface area (Å²) < 4.78 is 25.3. The van der Waals surface area contributed by atoms with Crippen molar-refractivity contribution >= 4 is 33.3 Å². The van der Waals surface area contributed by atoms with Crippen LogP contribution in [0.2, 0.25) is 0 Å². The molecule has 0 bridgehead atoms. The Morgan fingerprint density at radius 1 is 1.32 bits per heavy atom. The second-order valence-corrected chi connectivity index (χ2v) is 11.0. The van der Waals surface area contributed by atoms with Crippen molar-refractivity contribution in [3.63, 3.8) is 0 Å². The first-order chi connectivity index (χ1) is 13.4. The zero-order valence-electron chi connectivity index (χ0n) is 15.9. The van der Waals surface area contributed by atoms with Gasteiger partial charge in [-0.1, -0.05) is 24.3 Å². The molecular weight excluding hydrogens is 394 g/mol. The Kier molecular flexibility index (Phi) is 5.51. The number of sulfone groups is 1. The monoisotopic (exact) mass is 419 g/mol. The highest BCUT2D eigenvalue weighted by Gasteiger charge is 2.31. The second-order valence-electron chi connectivity index (χ2n) is 7.61. The molecule has 2 aromatic rings. The molecule has 1 fully saturated rings. The van der Waals surface area contributed by atoms with E-state index in [-0.39, 0.29) is 23.5 Å². The van der Waals surface area contributed by atoms with E-state index in [2.05, 4.69) is 34.7 Å². The lowest BCUT2D eigenvalue weighted by atomic mass is 9.91. The predicted octanol–water partition coefficient (Wildman–Crippen LogP) is 3.30. The standard InChI is InChI=1S/C20H25N3O3S2/c1-14-11-19(23(22-14)16-9-10-28(25,26)13-16)21-20(24)12-27-18-8-4-6-15-5-2-3-7-17(15)18/h2-3,5,7,11,16,18H,4,6,8-10,12-13H2,1H3,(H,21,24). The largest absolute Gasteiger partial charge is 0.310 e. The van der Waals surface area contributed by atoms with Gasteiger partial charge in [-0.15, -0.1) is 11.8 Å². The molecule has 1 saturated heterocycles. The minimum absolute atomic E-state index is 0.0740. The molecule has 1 aromatic carbocycles. The van der Waals surface area contributed by atoms with Crippen LogP contribution in [0.3, 0.4) is 0 Å². The third-order valence-electron chi connectivity index (χ3n) is 5.41. The molecule has 1 amide bonds. The Morgan fingerprint density at radius 2 is 2.14 bits per heavy atom. The van der Waals surface area contributed by atoms with Gasteiger partial charge in [0.2, 0.25) is 5.91 Å². The molecule has 1 aliphatic heterocycles. The van der Waals surface area contributed by atoms with E-state index in [0.717, 1.165) is 25.0 Å². The fraction of sp³-hybridized carbons (Fsp3) is 0.500. The molecule has 6 nitrogen and oxygen atoms in total. The van der Waals surface area contributed by atoms with E-state index in [0.29, 0.717) is 23.2 Å². The minimum Gasteiger partial charge on any atom is -0.310 e. The van der Waals surface area contributed by atoms with E-state index in [1.807, 2.05) is 13.0 Å². The number of rotatable bonds is 5. The number of hydrogen-bond donors (Lipinski definition) is 1. The summed E-state index contributed by atoms with van der Waals surface area (Å²) in [6, 6.07) is 10.1. The van der Waals surface area contributed by atoms with Gasteiger partial charge in [-0.3, -0.25) is 4.79 Å². The Bertz CT molecular complexity index is 984. The van der Waals surface area contributed by atoms with Crippen LogP contribution >= 0.6 is 11.8 Å². The average Bonchev–Trinajstić information content (AvgIpc) is 3.21. The van der Waals surface area contributed by atoms with E-state index >= 15 is 0 Å². The molecule has 1 aromatic heterocycles. The molecule has 0 radical (unpaired) electrons.